The molecule has 4 nitrogen and oxygen atoms in total. The van der Waals surface area contributed by atoms with E-state index in [1.807, 2.05) is 0 Å². The second-order valence-corrected chi connectivity index (χ2v) is 3.35. The predicted octanol–water partition coefficient (Wildman–Crippen LogP) is 2.63. The van der Waals surface area contributed by atoms with E-state index in [9.17, 15) is 0 Å². The Morgan fingerprint density at radius 1 is 1.19 bits per heavy atom. The quantitative estimate of drug-likeness (QED) is 0.775. The van der Waals surface area contributed by atoms with Crippen molar-refractivity contribution in [1.82, 2.24) is 0 Å². The molecule has 0 saturated carbocycles. The smallest absolute Gasteiger partial charge is 0.164 e. The summed E-state index contributed by atoms with van der Waals surface area (Å²) in [5.41, 5.74) is 1.17. The first-order valence-corrected chi connectivity index (χ1v) is 4.76. The molecule has 0 amide bonds. The fourth-order valence-corrected chi connectivity index (χ4v) is 1.68. The van der Waals surface area contributed by atoms with Gasteiger partial charge in [-0.1, -0.05) is 0 Å². The number of nitriles is 1. The molecule has 82 valence electrons. The van der Waals surface area contributed by atoms with E-state index >= 15 is 0 Å². The highest BCUT2D eigenvalue weighted by Crippen LogP contribution is 2.35. The molecule has 0 fully saturated rings. The average Bonchev–Trinajstić information content (AvgIpc) is 2.61. The molecule has 4 heteroatoms. The van der Waals surface area contributed by atoms with Crippen molar-refractivity contribution in [3.05, 3.63) is 23.5 Å². The summed E-state index contributed by atoms with van der Waals surface area (Å²) in [6.45, 7) is 1.76. The Hall–Kier alpha value is -2.15. The molecule has 16 heavy (non-hydrogen) atoms. The van der Waals surface area contributed by atoms with E-state index in [2.05, 4.69) is 6.07 Å². The van der Waals surface area contributed by atoms with Crippen molar-refractivity contribution in [2.24, 2.45) is 0 Å². The molecule has 0 unspecified atom stereocenters. The van der Waals surface area contributed by atoms with E-state index in [0.29, 0.717) is 28.4 Å². The molecule has 0 spiro atoms. The Labute approximate surface area is 93.0 Å². The summed E-state index contributed by atoms with van der Waals surface area (Å²) in [5, 5.41) is 9.76. The number of methoxy groups -OCH3 is 2. The van der Waals surface area contributed by atoms with Crippen molar-refractivity contribution in [2.75, 3.05) is 14.2 Å². The third-order valence-corrected chi connectivity index (χ3v) is 2.48. The van der Waals surface area contributed by atoms with E-state index in [0.717, 1.165) is 5.39 Å². The van der Waals surface area contributed by atoms with Gasteiger partial charge in [-0.3, -0.25) is 0 Å². The van der Waals surface area contributed by atoms with Crippen molar-refractivity contribution in [3.8, 4) is 17.6 Å². The number of benzene rings is 1. The van der Waals surface area contributed by atoms with Gasteiger partial charge in [-0.2, -0.15) is 5.26 Å². The van der Waals surface area contributed by atoms with Crippen LogP contribution in [0, 0.1) is 18.3 Å². The molecule has 1 aromatic carbocycles. The number of hydrogen-bond acceptors (Lipinski definition) is 4. The monoisotopic (exact) mass is 217 g/mol. The van der Waals surface area contributed by atoms with Crippen molar-refractivity contribution in [3.63, 3.8) is 0 Å². The Bertz CT molecular complexity index is 578. The van der Waals surface area contributed by atoms with Gasteiger partial charge in [-0.25, -0.2) is 0 Å². The lowest BCUT2D eigenvalue weighted by Gasteiger charge is -2.06. The largest absolute Gasteiger partial charge is 0.493 e. The van der Waals surface area contributed by atoms with E-state index in [1.165, 1.54) is 0 Å². The zero-order chi connectivity index (χ0) is 11.7. The molecule has 0 aliphatic carbocycles. The number of hydrogen-bond donors (Lipinski definition) is 0. The standard InChI is InChI=1S/C12H11NO3/c1-7-9(6-13)8-4-11(14-2)12(15-3)5-10(8)16-7/h4-5H,1-3H3. The number of nitrogens with zero attached hydrogens (tertiary/aromatic N) is 1. The van der Waals surface area contributed by atoms with Crippen LogP contribution in [-0.4, -0.2) is 14.2 Å². The van der Waals surface area contributed by atoms with Gasteiger partial charge in [0, 0.05) is 11.5 Å². The van der Waals surface area contributed by atoms with Crippen LogP contribution in [-0.2, 0) is 0 Å². The number of furan rings is 1. The lowest BCUT2D eigenvalue weighted by Crippen LogP contribution is -1.89. The molecular formula is C12H11NO3. The Kier molecular flexibility index (Phi) is 2.45. The zero-order valence-electron chi connectivity index (χ0n) is 9.33. The number of rotatable bonds is 2. The minimum Gasteiger partial charge on any atom is -0.493 e. The normalized spacial score (nSPS) is 10.1. The number of fused-ring (bicyclic) bond motifs is 1. The molecule has 0 bridgehead atoms. The van der Waals surface area contributed by atoms with Gasteiger partial charge in [0.1, 0.15) is 23.0 Å². The number of aryl methyl sites for hydroxylation is 1. The zero-order valence-corrected chi connectivity index (χ0v) is 9.33. The van der Waals surface area contributed by atoms with Gasteiger partial charge < -0.3 is 13.9 Å². The summed E-state index contributed by atoms with van der Waals surface area (Å²) in [7, 11) is 3.12. The molecule has 2 rings (SSSR count). The first-order valence-electron chi connectivity index (χ1n) is 4.76. The van der Waals surface area contributed by atoms with Crippen molar-refractivity contribution < 1.29 is 13.9 Å². The number of ether oxygens (including phenoxy) is 2. The Balaban J connectivity index is 2.79. The molecule has 0 atom stereocenters. The first-order chi connectivity index (χ1) is 7.71. The summed E-state index contributed by atoms with van der Waals surface area (Å²) >= 11 is 0. The van der Waals surface area contributed by atoms with Crippen molar-refractivity contribution >= 4 is 11.0 Å². The van der Waals surface area contributed by atoms with E-state index in [4.69, 9.17) is 19.2 Å². The molecule has 1 heterocycles. The summed E-state index contributed by atoms with van der Waals surface area (Å²) in [5.74, 6) is 1.79. The molecule has 1 aromatic heterocycles. The van der Waals surface area contributed by atoms with Gasteiger partial charge in [-0.15, -0.1) is 0 Å². The highest BCUT2D eigenvalue weighted by molar-refractivity contribution is 5.88. The molecule has 2 aromatic rings. The lowest BCUT2D eigenvalue weighted by molar-refractivity contribution is 0.355. The third-order valence-electron chi connectivity index (χ3n) is 2.48. The second kappa shape index (κ2) is 3.78. The predicted molar refractivity (Wildman–Crippen MR) is 58.8 cm³/mol. The van der Waals surface area contributed by atoms with E-state index < -0.39 is 0 Å². The third kappa shape index (κ3) is 1.38. The van der Waals surface area contributed by atoms with Crippen LogP contribution >= 0.6 is 0 Å². The van der Waals surface area contributed by atoms with Crippen molar-refractivity contribution in [1.29, 1.82) is 5.26 Å². The van der Waals surface area contributed by atoms with Crippen molar-refractivity contribution in [2.45, 2.75) is 6.92 Å². The second-order valence-electron chi connectivity index (χ2n) is 3.35. The highest BCUT2D eigenvalue weighted by Gasteiger charge is 2.14. The molecule has 0 saturated heterocycles. The summed E-state index contributed by atoms with van der Waals surface area (Å²) in [4.78, 5) is 0. The summed E-state index contributed by atoms with van der Waals surface area (Å²) < 4.78 is 15.8. The maximum Gasteiger partial charge on any atom is 0.164 e. The molecule has 0 radical (unpaired) electrons. The van der Waals surface area contributed by atoms with Gasteiger partial charge in [-0.05, 0) is 13.0 Å². The summed E-state index contributed by atoms with van der Waals surface area (Å²) in [6.07, 6.45) is 0. The fourth-order valence-electron chi connectivity index (χ4n) is 1.68. The van der Waals surface area contributed by atoms with Crippen LogP contribution in [0.2, 0.25) is 0 Å². The van der Waals surface area contributed by atoms with Crippen LogP contribution < -0.4 is 9.47 Å². The van der Waals surface area contributed by atoms with Crippen LogP contribution in [0.5, 0.6) is 11.5 Å². The van der Waals surface area contributed by atoms with Gasteiger partial charge >= 0.3 is 0 Å². The first kappa shape index (κ1) is 10.4. The Morgan fingerprint density at radius 2 is 1.81 bits per heavy atom. The fraction of sp³-hybridized carbons (Fsp3) is 0.250. The highest BCUT2D eigenvalue weighted by atomic mass is 16.5. The molecular weight excluding hydrogens is 206 g/mol. The van der Waals surface area contributed by atoms with Gasteiger partial charge in [0.25, 0.3) is 0 Å². The average molecular weight is 217 g/mol. The molecule has 0 aliphatic heterocycles. The topological polar surface area (TPSA) is 55.4 Å². The van der Waals surface area contributed by atoms with E-state index in [-0.39, 0.29) is 0 Å². The van der Waals surface area contributed by atoms with Crippen LogP contribution in [0.3, 0.4) is 0 Å². The minimum atomic E-state index is 0.538. The molecule has 0 N–H and O–H groups in total. The maximum atomic E-state index is 9.01. The van der Waals surface area contributed by atoms with Crippen LogP contribution in [0.1, 0.15) is 11.3 Å². The van der Waals surface area contributed by atoms with Gasteiger partial charge in [0.2, 0.25) is 0 Å². The summed E-state index contributed by atoms with van der Waals surface area (Å²) in [6, 6.07) is 5.59. The maximum absolute atomic E-state index is 9.01. The van der Waals surface area contributed by atoms with E-state index in [1.54, 1.807) is 33.3 Å². The SMILES string of the molecule is COc1cc2oc(C)c(C#N)c2cc1OC. The van der Waals surface area contributed by atoms with Crippen LogP contribution in [0.4, 0.5) is 0 Å². The molecule has 0 aliphatic rings. The van der Waals surface area contributed by atoms with Gasteiger partial charge in [0.05, 0.1) is 14.2 Å². The lowest BCUT2D eigenvalue weighted by atomic mass is 10.1. The Morgan fingerprint density at radius 3 is 2.38 bits per heavy atom. The minimum absolute atomic E-state index is 0.538. The van der Waals surface area contributed by atoms with Crippen LogP contribution in [0.15, 0.2) is 16.5 Å². The van der Waals surface area contributed by atoms with Gasteiger partial charge in [0.15, 0.2) is 11.5 Å². The van der Waals surface area contributed by atoms with Crippen LogP contribution in [0.25, 0.3) is 11.0 Å².